The van der Waals surface area contributed by atoms with Gasteiger partial charge < -0.3 is 19.2 Å². The molecule has 1 fully saturated rings. The van der Waals surface area contributed by atoms with Crippen LogP contribution in [0.15, 0.2) is 67.3 Å². The molecule has 0 saturated carbocycles. The van der Waals surface area contributed by atoms with Crippen LogP contribution in [0.2, 0.25) is 0 Å². The van der Waals surface area contributed by atoms with E-state index >= 15 is 0 Å². The van der Waals surface area contributed by atoms with Crippen molar-refractivity contribution in [2.45, 2.75) is 32.4 Å². The minimum absolute atomic E-state index is 0.123. The van der Waals surface area contributed by atoms with E-state index in [4.69, 9.17) is 4.74 Å². The number of amides is 1. The topological polar surface area (TPSA) is 98.5 Å². The lowest BCUT2D eigenvalue weighted by atomic mass is 9.98. The lowest BCUT2D eigenvalue weighted by Crippen LogP contribution is -2.38. The second kappa shape index (κ2) is 12.4. The standard InChI is InChI=1S/C30H37N5O4S/c1-39-16-6-13-32-30(36)29-17-25(28-10-5-8-24-7-3-4-9-27(24)28)20-33(29)21-26-18-31-22-34(26)19-23-11-14-35(15-12-23)40(2,37)38/h3-5,7-10,17-18,20,22-23H,6,11-16,19,21H2,1-2H3,(H,32,36). The van der Waals surface area contributed by atoms with Crippen molar-refractivity contribution in [3.8, 4) is 11.1 Å². The monoisotopic (exact) mass is 563 g/mol. The number of aromatic nitrogens is 3. The van der Waals surface area contributed by atoms with Gasteiger partial charge in [0.2, 0.25) is 10.0 Å². The molecule has 1 N–H and O–H groups in total. The van der Waals surface area contributed by atoms with Crippen LogP contribution >= 0.6 is 0 Å². The summed E-state index contributed by atoms with van der Waals surface area (Å²) in [4.78, 5) is 17.7. The maximum Gasteiger partial charge on any atom is 0.267 e. The van der Waals surface area contributed by atoms with Crippen LogP contribution in [0.25, 0.3) is 21.9 Å². The van der Waals surface area contributed by atoms with Gasteiger partial charge in [-0.25, -0.2) is 17.7 Å². The van der Waals surface area contributed by atoms with Crippen LogP contribution < -0.4 is 5.32 Å². The Morgan fingerprint density at radius 1 is 1.10 bits per heavy atom. The number of carbonyl (C=O) groups is 1. The fraction of sp³-hybridized carbons (Fsp3) is 0.400. The van der Waals surface area contributed by atoms with Gasteiger partial charge >= 0.3 is 0 Å². The smallest absolute Gasteiger partial charge is 0.267 e. The van der Waals surface area contributed by atoms with E-state index < -0.39 is 10.0 Å². The average Bonchev–Trinajstić information content (AvgIpc) is 3.57. The summed E-state index contributed by atoms with van der Waals surface area (Å²) in [6.07, 6.45) is 9.37. The van der Waals surface area contributed by atoms with E-state index in [2.05, 4.69) is 39.1 Å². The van der Waals surface area contributed by atoms with Crippen LogP contribution in [-0.2, 0) is 27.8 Å². The number of benzene rings is 2. The molecule has 9 nitrogen and oxygen atoms in total. The highest BCUT2D eigenvalue weighted by atomic mass is 32.2. The Hall–Kier alpha value is -3.47. The molecule has 10 heteroatoms. The number of nitrogens with one attached hydrogen (secondary N) is 1. The van der Waals surface area contributed by atoms with Crippen molar-refractivity contribution < 1.29 is 17.9 Å². The van der Waals surface area contributed by atoms with Gasteiger partial charge in [0.1, 0.15) is 5.69 Å². The van der Waals surface area contributed by atoms with Crippen molar-refractivity contribution in [1.29, 1.82) is 0 Å². The van der Waals surface area contributed by atoms with Crippen molar-refractivity contribution in [3.63, 3.8) is 0 Å². The van der Waals surface area contributed by atoms with E-state index in [1.165, 1.54) is 6.26 Å². The minimum atomic E-state index is -3.15. The maximum atomic E-state index is 13.3. The molecule has 0 atom stereocenters. The van der Waals surface area contributed by atoms with Crippen LogP contribution in [0.4, 0.5) is 0 Å². The molecule has 2 aromatic carbocycles. The van der Waals surface area contributed by atoms with Gasteiger partial charge in [-0.2, -0.15) is 0 Å². The highest BCUT2D eigenvalue weighted by molar-refractivity contribution is 7.88. The van der Waals surface area contributed by atoms with Gasteiger partial charge in [0.05, 0.1) is 24.8 Å². The lowest BCUT2D eigenvalue weighted by molar-refractivity contribution is 0.0939. The summed E-state index contributed by atoms with van der Waals surface area (Å²) in [6, 6.07) is 16.5. The fourth-order valence-electron chi connectivity index (χ4n) is 5.49. The number of hydrogen-bond acceptors (Lipinski definition) is 5. The summed E-state index contributed by atoms with van der Waals surface area (Å²) >= 11 is 0. The molecule has 5 rings (SSSR count). The molecule has 1 saturated heterocycles. The number of fused-ring (bicyclic) bond motifs is 1. The lowest BCUT2D eigenvalue weighted by Gasteiger charge is -2.30. The van der Waals surface area contributed by atoms with Crippen LogP contribution in [-0.4, -0.2) is 72.4 Å². The molecule has 2 aromatic heterocycles. The third kappa shape index (κ3) is 6.46. The van der Waals surface area contributed by atoms with Gasteiger partial charge in [-0.1, -0.05) is 42.5 Å². The van der Waals surface area contributed by atoms with E-state index in [-0.39, 0.29) is 5.91 Å². The summed E-state index contributed by atoms with van der Waals surface area (Å²) in [6.45, 7) is 3.48. The minimum Gasteiger partial charge on any atom is -0.385 e. The molecule has 4 aromatic rings. The zero-order chi connectivity index (χ0) is 28.1. The van der Waals surface area contributed by atoms with Crippen LogP contribution in [0.3, 0.4) is 0 Å². The van der Waals surface area contributed by atoms with Gasteiger partial charge in [0, 0.05) is 57.9 Å². The quantitative estimate of drug-likeness (QED) is 0.278. The summed E-state index contributed by atoms with van der Waals surface area (Å²) in [5.41, 5.74) is 3.66. The molecular formula is C30H37N5O4S. The first-order chi connectivity index (χ1) is 19.3. The highest BCUT2D eigenvalue weighted by Crippen LogP contribution is 2.30. The van der Waals surface area contributed by atoms with E-state index in [9.17, 15) is 13.2 Å². The SMILES string of the molecule is COCCCNC(=O)c1cc(-c2cccc3ccccc23)cn1Cc1cncn1CC1CCN(S(C)(=O)=O)CC1. The number of ether oxygens (including phenoxy) is 1. The Kier molecular flexibility index (Phi) is 8.68. The van der Waals surface area contributed by atoms with Gasteiger partial charge in [0.15, 0.2) is 0 Å². The molecule has 1 aliphatic rings. The second-order valence-corrected chi connectivity index (χ2v) is 12.5. The number of sulfonamides is 1. The normalized spacial score (nSPS) is 15.1. The second-order valence-electron chi connectivity index (χ2n) is 10.5. The third-order valence-electron chi connectivity index (χ3n) is 7.67. The molecule has 40 heavy (non-hydrogen) atoms. The van der Waals surface area contributed by atoms with Crippen molar-refractivity contribution in [2.75, 3.05) is 39.6 Å². The Balaban J connectivity index is 1.39. The van der Waals surface area contributed by atoms with E-state index in [0.717, 1.165) is 53.4 Å². The molecule has 3 heterocycles. The van der Waals surface area contributed by atoms with Crippen molar-refractivity contribution in [1.82, 2.24) is 23.7 Å². The molecule has 212 valence electrons. The Bertz CT molecular complexity index is 1560. The average molecular weight is 564 g/mol. The number of piperidine rings is 1. The predicted molar refractivity (Wildman–Crippen MR) is 157 cm³/mol. The molecule has 1 aliphatic heterocycles. The third-order valence-corrected chi connectivity index (χ3v) is 8.97. The van der Waals surface area contributed by atoms with Crippen LogP contribution in [0.1, 0.15) is 35.4 Å². The number of carbonyl (C=O) groups excluding carboxylic acids is 1. The van der Waals surface area contributed by atoms with Crippen LogP contribution in [0, 0.1) is 5.92 Å². The summed E-state index contributed by atoms with van der Waals surface area (Å²) < 4.78 is 34.6. The summed E-state index contributed by atoms with van der Waals surface area (Å²) in [5, 5.41) is 5.33. The van der Waals surface area contributed by atoms with Crippen molar-refractivity contribution in [2.24, 2.45) is 5.92 Å². The molecule has 0 bridgehead atoms. The zero-order valence-electron chi connectivity index (χ0n) is 23.1. The van der Waals surface area contributed by atoms with Crippen molar-refractivity contribution >= 4 is 26.7 Å². The van der Waals surface area contributed by atoms with Gasteiger partial charge in [-0.05, 0) is 47.6 Å². The fourth-order valence-corrected chi connectivity index (χ4v) is 6.36. The molecule has 0 aliphatic carbocycles. The van der Waals surface area contributed by atoms with Crippen LogP contribution in [0.5, 0.6) is 0 Å². The predicted octanol–water partition coefficient (Wildman–Crippen LogP) is 3.99. The Labute approximate surface area is 235 Å². The number of nitrogens with zero attached hydrogens (tertiary/aromatic N) is 4. The van der Waals surface area contributed by atoms with Gasteiger partial charge in [-0.15, -0.1) is 0 Å². The zero-order valence-corrected chi connectivity index (χ0v) is 23.9. The van der Waals surface area contributed by atoms with Crippen molar-refractivity contribution in [3.05, 3.63) is 78.6 Å². The van der Waals surface area contributed by atoms with Gasteiger partial charge in [-0.3, -0.25) is 4.79 Å². The number of hydrogen-bond donors (Lipinski definition) is 1. The first kappa shape index (κ1) is 28.1. The molecule has 0 spiro atoms. The highest BCUT2D eigenvalue weighted by Gasteiger charge is 2.25. The maximum absolute atomic E-state index is 13.3. The summed E-state index contributed by atoms with van der Waals surface area (Å²) in [7, 11) is -1.50. The molecular weight excluding hydrogens is 526 g/mol. The van der Waals surface area contributed by atoms with E-state index in [0.29, 0.717) is 44.4 Å². The molecule has 0 unspecified atom stereocenters. The Morgan fingerprint density at radius 3 is 2.65 bits per heavy atom. The number of imidazole rings is 1. The number of methoxy groups -OCH3 is 1. The molecule has 0 radical (unpaired) electrons. The first-order valence-electron chi connectivity index (χ1n) is 13.7. The van der Waals surface area contributed by atoms with E-state index in [1.54, 1.807) is 11.4 Å². The molecule has 1 amide bonds. The van der Waals surface area contributed by atoms with E-state index in [1.807, 2.05) is 47.6 Å². The van der Waals surface area contributed by atoms with Gasteiger partial charge in [0.25, 0.3) is 5.91 Å². The Morgan fingerprint density at radius 2 is 1.88 bits per heavy atom. The number of rotatable bonds is 11. The first-order valence-corrected chi connectivity index (χ1v) is 15.6. The largest absolute Gasteiger partial charge is 0.385 e. The summed E-state index contributed by atoms with van der Waals surface area (Å²) in [5.74, 6) is 0.243.